The van der Waals surface area contributed by atoms with Crippen molar-refractivity contribution in [1.82, 2.24) is 0 Å². The molecule has 0 aromatic heterocycles. The normalized spacial score (nSPS) is 11.4. The van der Waals surface area contributed by atoms with E-state index in [0.29, 0.717) is 10.8 Å². The monoisotopic (exact) mass is 261 g/mol. The molecule has 0 aliphatic heterocycles. The Balaban J connectivity index is 2.91. The van der Waals surface area contributed by atoms with Crippen LogP contribution in [0.3, 0.4) is 0 Å². The number of hydrogen-bond donors (Lipinski definition) is 0. The molecule has 16 heavy (non-hydrogen) atoms. The van der Waals surface area contributed by atoms with E-state index in [9.17, 15) is 8.42 Å². The van der Waals surface area contributed by atoms with Crippen molar-refractivity contribution in [3.05, 3.63) is 24.3 Å². The first-order valence-electron chi connectivity index (χ1n) is 5.11. The van der Waals surface area contributed by atoms with Crippen LogP contribution in [0, 0.1) is 0 Å². The van der Waals surface area contributed by atoms with Gasteiger partial charge in [0.05, 0.1) is 10.6 Å². The number of anilines is 1. The molecule has 0 saturated carbocycles. The zero-order chi connectivity index (χ0) is 12.2. The summed E-state index contributed by atoms with van der Waals surface area (Å²) in [6.45, 7) is 2.38. The van der Waals surface area contributed by atoms with Gasteiger partial charge in [-0.05, 0) is 24.3 Å². The molecule has 0 heterocycles. The highest BCUT2D eigenvalue weighted by molar-refractivity contribution is 7.91. The van der Waals surface area contributed by atoms with Crippen LogP contribution in [-0.4, -0.2) is 33.6 Å². The molecule has 1 rings (SSSR count). The molecule has 0 radical (unpaired) electrons. The average molecular weight is 262 g/mol. The SMILES string of the molecule is CCS(=O)(=O)c1ccc(N(C)CCCl)cc1. The van der Waals surface area contributed by atoms with E-state index in [4.69, 9.17) is 11.6 Å². The van der Waals surface area contributed by atoms with Gasteiger partial charge in [0.1, 0.15) is 0 Å². The van der Waals surface area contributed by atoms with Gasteiger partial charge in [-0.2, -0.15) is 0 Å². The molecule has 1 aromatic carbocycles. The Bertz CT molecular complexity index is 428. The van der Waals surface area contributed by atoms with Crippen LogP contribution in [0.25, 0.3) is 0 Å². The number of nitrogens with zero attached hydrogens (tertiary/aromatic N) is 1. The molecule has 0 saturated heterocycles. The summed E-state index contributed by atoms with van der Waals surface area (Å²) in [5.41, 5.74) is 0.968. The van der Waals surface area contributed by atoms with Crippen molar-refractivity contribution in [2.75, 3.05) is 30.1 Å². The Labute approximate surface area is 102 Å². The van der Waals surface area contributed by atoms with Gasteiger partial charge < -0.3 is 4.90 Å². The molecule has 0 aliphatic carbocycles. The van der Waals surface area contributed by atoms with Gasteiger partial charge in [0.15, 0.2) is 9.84 Å². The van der Waals surface area contributed by atoms with Crippen LogP contribution < -0.4 is 4.90 Å². The van der Waals surface area contributed by atoms with Crippen molar-refractivity contribution in [1.29, 1.82) is 0 Å². The molecular formula is C11H16ClNO2S. The first-order valence-corrected chi connectivity index (χ1v) is 7.30. The minimum absolute atomic E-state index is 0.129. The lowest BCUT2D eigenvalue weighted by molar-refractivity contribution is 0.597. The van der Waals surface area contributed by atoms with E-state index in [-0.39, 0.29) is 5.75 Å². The van der Waals surface area contributed by atoms with Crippen molar-refractivity contribution in [3.63, 3.8) is 0 Å². The highest BCUT2D eigenvalue weighted by atomic mass is 35.5. The number of halogens is 1. The van der Waals surface area contributed by atoms with E-state index in [1.807, 2.05) is 11.9 Å². The summed E-state index contributed by atoms with van der Waals surface area (Å²) in [7, 11) is -1.18. The van der Waals surface area contributed by atoms with Crippen LogP contribution in [0.15, 0.2) is 29.2 Å². The van der Waals surface area contributed by atoms with E-state index in [1.165, 1.54) is 0 Å². The summed E-state index contributed by atoms with van der Waals surface area (Å²) >= 11 is 5.64. The molecular weight excluding hydrogens is 246 g/mol. The highest BCUT2D eigenvalue weighted by Crippen LogP contribution is 2.17. The smallest absolute Gasteiger partial charge is 0.178 e. The van der Waals surface area contributed by atoms with Gasteiger partial charge in [0, 0.05) is 25.2 Å². The fourth-order valence-electron chi connectivity index (χ4n) is 1.33. The van der Waals surface area contributed by atoms with Crippen LogP contribution in [0.1, 0.15) is 6.92 Å². The van der Waals surface area contributed by atoms with Crippen molar-refractivity contribution < 1.29 is 8.42 Å². The predicted octanol–water partition coefficient (Wildman–Crippen LogP) is 2.16. The third-order valence-electron chi connectivity index (χ3n) is 2.44. The first kappa shape index (κ1) is 13.3. The standard InChI is InChI=1S/C11H16ClNO2S/c1-3-16(14,15)11-6-4-10(5-7-11)13(2)9-8-12/h4-7H,3,8-9H2,1-2H3. The zero-order valence-electron chi connectivity index (χ0n) is 9.48. The van der Waals surface area contributed by atoms with Crippen LogP contribution in [0.5, 0.6) is 0 Å². The minimum atomic E-state index is -3.10. The Hall–Kier alpha value is -0.740. The van der Waals surface area contributed by atoms with Crippen molar-refractivity contribution >= 4 is 27.1 Å². The van der Waals surface area contributed by atoms with Crippen LogP contribution in [0.2, 0.25) is 0 Å². The van der Waals surface area contributed by atoms with E-state index >= 15 is 0 Å². The van der Waals surface area contributed by atoms with Crippen LogP contribution >= 0.6 is 11.6 Å². The number of rotatable bonds is 5. The Morgan fingerprint density at radius 1 is 1.25 bits per heavy atom. The zero-order valence-corrected chi connectivity index (χ0v) is 11.1. The van der Waals surface area contributed by atoms with E-state index < -0.39 is 9.84 Å². The van der Waals surface area contributed by atoms with Gasteiger partial charge >= 0.3 is 0 Å². The van der Waals surface area contributed by atoms with Gasteiger partial charge in [-0.1, -0.05) is 6.92 Å². The molecule has 3 nitrogen and oxygen atoms in total. The van der Waals surface area contributed by atoms with E-state index in [1.54, 1.807) is 31.2 Å². The third-order valence-corrected chi connectivity index (χ3v) is 4.36. The number of alkyl halides is 1. The molecule has 0 N–H and O–H groups in total. The first-order chi connectivity index (χ1) is 7.51. The number of sulfone groups is 1. The second-order valence-electron chi connectivity index (χ2n) is 3.51. The van der Waals surface area contributed by atoms with Gasteiger partial charge in [0.25, 0.3) is 0 Å². The maximum absolute atomic E-state index is 11.6. The molecule has 90 valence electrons. The van der Waals surface area contributed by atoms with Crippen LogP contribution in [-0.2, 0) is 9.84 Å². The largest absolute Gasteiger partial charge is 0.373 e. The molecule has 0 fully saturated rings. The van der Waals surface area contributed by atoms with Gasteiger partial charge in [-0.15, -0.1) is 11.6 Å². The summed E-state index contributed by atoms with van der Waals surface area (Å²) in [6.07, 6.45) is 0. The minimum Gasteiger partial charge on any atom is -0.373 e. The Morgan fingerprint density at radius 2 is 1.81 bits per heavy atom. The summed E-state index contributed by atoms with van der Waals surface area (Å²) in [6, 6.07) is 6.88. The van der Waals surface area contributed by atoms with Crippen molar-refractivity contribution in [3.8, 4) is 0 Å². The van der Waals surface area contributed by atoms with Crippen molar-refractivity contribution in [2.24, 2.45) is 0 Å². The molecule has 0 unspecified atom stereocenters. The Morgan fingerprint density at radius 3 is 2.25 bits per heavy atom. The second-order valence-corrected chi connectivity index (χ2v) is 6.16. The number of hydrogen-bond acceptors (Lipinski definition) is 3. The molecule has 0 bridgehead atoms. The van der Waals surface area contributed by atoms with Gasteiger partial charge in [0.2, 0.25) is 0 Å². The average Bonchev–Trinajstić information content (AvgIpc) is 2.29. The van der Waals surface area contributed by atoms with Gasteiger partial charge in [-0.25, -0.2) is 8.42 Å². The fraction of sp³-hybridized carbons (Fsp3) is 0.455. The maximum atomic E-state index is 11.6. The molecule has 0 amide bonds. The maximum Gasteiger partial charge on any atom is 0.178 e. The molecule has 0 aliphatic rings. The second kappa shape index (κ2) is 5.55. The van der Waals surface area contributed by atoms with Crippen LogP contribution in [0.4, 0.5) is 5.69 Å². The van der Waals surface area contributed by atoms with E-state index in [0.717, 1.165) is 12.2 Å². The lowest BCUT2D eigenvalue weighted by atomic mass is 10.3. The van der Waals surface area contributed by atoms with Gasteiger partial charge in [-0.3, -0.25) is 0 Å². The van der Waals surface area contributed by atoms with Crippen molar-refractivity contribution in [2.45, 2.75) is 11.8 Å². The molecule has 0 spiro atoms. The lowest BCUT2D eigenvalue weighted by Gasteiger charge is -2.17. The quantitative estimate of drug-likeness (QED) is 0.763. The summed E-state index contributed by atoms with van der Waals surface area (Å²) in [5.74, 6) is 0.676. The molecule has 0 atom stereocenters. The number of benzene rings is 1. The third kappa shape index (κ3) is 3.12. The molecule has 1 aromatic rings. The summed E-state index contributed by atoms with van der Waals surface area (Å²) in [5, 5.41) is 0. The predicted molar refractivity (Wildman–Crippen MR) is 68.2 cm³/mol. The summed E-state index contributed by atoms with van der Waals surface area (Å²) < 4.78 is 23.1. The topological polar surface area (TPSA) is 37.4 Å². The Kier molecular flexibility index (Phi) is 4.62. The fourth-order valence-corrected chi connectivity index (χ4v) is 2.47. The lowest BCUT2D eigenvalue weighted by Crippen LogP contribution is -2.19. The van der Waals surface area contributed by atoms with E-state index in [2.05, 4.69) is 0 Å². The summed E-state index contributed by atoms with van der Waals surface area (Å²) in [4.78, 5) is 2.35. The molecule has 5 heteroatoms. The highest BCUT2D eigenvalue weighted by Gasteiger charge is 2.11.